The Morgan fingerprint density at radius 3 is 2.69 bits per heavy atom. The Labute approximate surface area is 193 Å². The van der Waals surface area contributed by atoms with Gasteiger partial charge in [-0.05, 0) is 68.5 Å². The van der Waals surface area contributed by atoms with Gasteiger partial charge in [0.2, 0.25) is 11.9 Å². The number of benzene rings is 2. The summed E-state index contributed by atoms with van der Waals surface area (Å²) in [6.07, 6.45) is 2.54. The lowest BCUT2D eigenvalue weighted by atomic mass is 9.95. The van der Waals surface area contributed by atoms with Crippen LogP contribution in [0, 0.1) is 19.8 Å². The van der Waals surface area contributed by atoms with Crippen molar-refractivity contribution in [1.82, 2.24) is 14.9 Å². The van der Waals surface area contributed by atoms with Crippen LogP contribution in [0.1, 0.15) is 30.4 Å². The number of aryl methyl sites for hydroxylation is 2. The summed E-state index contributed by atoms with van der Waals surface area (Å²) >= 11 is 6.49. The molecule has 2 saturated heterocycles. The van der Waals surface area contributed by atoms with Crippen LogP contribution in [0.5, 0.6) is 0 Å². The van der Waals surface area contributed by atoms with E-state index in [4.69, 9.17) is 21.3 Å². The van der Waals surface area contributed by atoms with E-state index in [1.807, 2.05) is 13.0 Å². The van der Waals surface area contributed by atoms with Crippen LogP contribution in [0.4, 0.5) is 5.95 Å². The molecule has 7 heteroatoms. The third-order valence-electron chi connectivity index (χ3n) is 6.60. The van der Waals surface area contributed by atoms with Crippen LogP contribution in [0.25, 0.3) is 16.7 Å². The van der Waals surface area contributed by atoms with Crippen LogP contribution in [0.2, 0.25) is 5.02 Å². The minimum atomic E-state index is 0.0420. The molecule has 2 aromatic carbocycles. The number of ether oxygens (including phenoxy) is 1. The van der Waals surface area contributed by atoms with Crippen molar-refractivity contribution >= 4 is 34.5 Å². The van der Waals surface area contributed by atoms with Gasteiger partial charge in [0, 0.05) is 36.3 Å². The summed E-state index contributed by atoms with van der Waals surface area (Å²) in [7, 11) is 0. The maximum atomic E-state index is 12.7. The Kier molecular flexibility index (Phi) is 5.82. The van der Waals surface area contributed by atoms with Crippen molar-refractivity contribution in [2.75, 3.05) is 31.2 Å². The average molecular weight is 453 g/mol. The summed E-state index contributed by atoms with van der Waals surface area (Å²) in [5, 5.41) is 3.90. The molecule has 2 aliphatic heterocycles. The fourth-order valence-corrected chi connectivity index (χ4v) is 4.89. The zero-order valence-electron chi connectivity index (χ0n) is 18.6. The Balaban J connectivity index is 1.43. The summed E-state index contributed by atoms with van der Waals surface area (Å²) < 4.78 is 7.58. The van der Waals surface area contributed by atoms with Crippen molar-refractivity contribution in [1.29, 1.82) is 0 Å². The standard InChI is InChI=1S/C25H29ClN4O2/c1-16-4-3-5-20(12-16)30-23-14-21(26)17(2)13-22(23)28-25(30)29-9-6-18(7-10-29)24(31)27-19-8-11-32-15-19/h3-5,12-14,18-19H,6-11,15H2,1-2H3,(H,27,31)/t19-/m1/s1. The maximum Gasteiger partial charge on any atom is 0.223 e. The van der Waals surface area contributed by atoms with Crippen LogP contribution in [0.3, 0.4) is 0 Å². The summed E-state index contributed by atoms with van der Waals surface area (Å²) in [5.41, 5.74) is 5.22. The molecule has 1 atom stereocenters. The fourth-order valence-electron chi connectivity index (χ4n) is 4.73. The normalized spacial score (nSPS) is 19.6. The quantitative estimate of drug-likeness (QED) is 0.636. The van der Waals surface area contributed by atoms with Gasteiger partial charge >= 0.3 is 0 Å². The van der Waals surface area contributed by atoms with Crippen LogP contribution in [-0.4, -0.2) is 47.8 Å². The number of aromatic nitrogens is 2. The van der Waals surface area contributed by atoms with Crippen molar-refractivity contribution < 1.29 is 9.53 Å². The first-order chi connectivity index (χ1) is 15.5. The number of imidazole rings is 1. The van der Waals surface area contributed by atoms with Gasteiger partial charge in [0.05, 0.1) is 23.7 Å². The first-order valence-electron chi connectivity index (χ1n) is 11.4. The topological polar surface area (TPSA) is 59.4 Å². The number of halogens is 1. The number of carbonyl (C=O) groups is 1. The number of piperidine rings is 1. The molecule has 0 aliphatic carbocycles. The van der Waals surface area contributed by atoms with E-state index < -0.39 is 0 Å². The first-order valence-corrected chi connectivity index (χ1v) is 11.8. The number of amides is 1. The zero-order valence-corrected chi connectivity index (χ0v) is 19.4. The van der Waals surface area contributed by atoms with E-state index in [9.17, 15) is 4.79 Å². The van der Waals surface area contributed by atoms with Gasteiger partial charge in [-0.3, -0.25) is 9.36 Å². The number of fused-ring (bicyclic) bond motifs is 1. The predicted molar refractivity (Wildman–Crippen MR) is 128 cm³/mol. The van der Waals surface area contributed by atoms with Gasteiger partial charge in [0.1, 0.15) is 0 Å². The molecule has 6 nitrogen and oxygen atoms in total. The van der Waals surface area contributed by atoms with Crippen molar-refractivity contribution in [2.45, 2.75) is 39.2 Å². The van der Waals surface area contributed by atoms with Gasteiger partial charge < -0.3 is 15.0 Å². The number of carbonyl (C=O) groups excluding carboxylic acids is 1. The summed E-state index contributed by atoms with van der Waals surface area (Å²) in [4.78, 5) is 20.0. The fraction of sp³-hybridized carbons (Fsp3) is 0.440. The molecule has 1 aromatic heterocycles. The van der Waals surface area contributed by atoms with Crippen LogP contribution in [-0.2, 0) is 9.53 Å². The monoisotopic (exact) mass is 452 g/mol. The molecule has 3 aromatic rings. The van der Waals surface area contributed by atoms with Gasteiger partial charge in [-0.2, -0.15) is 0 Å². The number of nitrogens with zero attached hydrogens (tertiary/aromatic N) is 3. The van der Waals surface area contributed by atoms with Crippen molar-refractivity contribution in [3.8, 4) is 5.69 Å². The van der Waals surface area contributed by atoms with Crippen molar-refractivity contribution in [3.63, 3.8) is 0 Å². The number of hydrogen-bond donors (Lipinski definition) is 1. The second-order valence-corrected chi connectivity index (χ2v) is 9.41. The lowest BCUT2D eigenvalue weighted by Gasteiger charge is -2.32. The van der Waals surface area contributed by atoms with Crippen molar-refractivity contribution in [2.24, 2.45) is 5.92 Å². The van der Waals surface area contributed by atoms with E-state index in [2.05, 4.69) is 52.0 Å². The molecule has 0 bridgehead atoms. The lowest BCUT2D eigenvalue weighted by Crippen LogP contribution is -2.44. The lowest BCUT2D eigenvalue weighted by molar-refractivity contribution is -0.126. The minimum Gasteiger partial charge on any atom is -0.379 e. The molecular formula is C25H29ClN4O2. The van der Waals surface area contributed by atoms with Gasteiger partial charge in [0.15, 0.2) is 0 Å². The molecule has 2 aliphatic rings. The number of hydrogen-bond acceptors (Lipinski definition) is 4. The van der Waals surface area contributed by atoms with Crippen molar-refractivity contribution in [3.05, 3.63) is 52.5 Å². The molecule has 2 fully saturated rings. The summed E-state index contributed by atoms with van der Waals surface area (Å²) in [6.45, 7) is 7.06. The highest BCUT2D eigenvalue weighted by atomic mass is 35.5. The zero-order chi connectivity index (χ0) is 22.2. The predicted octanol–water partition coefficient (Wildman–Crippen LogP) is 4.42. The molecule has 0 unspecified atom stereocenters. The summed E-state index contributed by atoms with van der Waals surface area (Å²) in [5.74, 6) is 1.12. The molecule has 1 amide bonds. The SMILES string of the molecule is Cc1cccc(-n2c(N3CCC(C(=O)N[C@@H]4CCOC4)CC3)nc3cc(C)c(Cl)cc32)c1. The van der Waals surface area contributed by atoms with E-state index in [1.54, 1.807) is 0 Å². The highest BCUT2D eigenvalue weighted by Gasteiger charge is 2.30. The Morgan fingerprint density at radius 2 is 1.97 bits per heavy atom. The molecule has 1 N–H and O–H groups in total. The van der Waals surface area contributed by atoms with E-state index >= 15 is 0 Å². The number of anilines is 1. The Hall–Kier alpha value is -2.57. The van der Waals surface area contributed by atoms with Crippen LogP contribution >= 0.6 is 11.6 Å². The molecule has 0 saturated carbocycles. The average Bonchev–Trinajstić information content (AvgIpc) is 3.42. The molecular weight excluding hydrogens is 424 g/mol. The molecule has 5 rings (SSSR count). The number of rotatable bonds is 4. The van der Waals surface area contributed by atoms with Crippen LogP contribution < -0.4 is 10.2 Å². The second kappa shape index (κ2) is 8.75. The third kappa shape index (κ3) is 4.09. The Morgan fingerprint density at radius 1 is 1.16 bits per heavy atom. The highest BCUT2D eigenvalue weighted by molar-refractivity contribution is 6.32. The molecule has 0 radical (unpaired) electrons. The third-order valence-corrected chi connectivity index (χ3v) is 7.01. The second-order valence-electron chi connectivity index (χ2n) is 9.01. The van der Waals surface area contributed by atoms with Gasteiger partial charge in [-0.15, -0.1) is 0 Å². The van der Waals surface area contributed by atoms with E-state index in [1.165, 1.54) is 5.56 Å². The smallest absolute Gasteiger partial charge is 0.223 e. The number of nitrogens with one attached hydrogen (secondary N) is 1. The molecule has 3 heterocycles. The van der Waals surface area contributed by atoms with Gasteiger partial charge in [-0.1, -0.05) is 23.7 Å². The molecule has 32 heavy (non-hydrogen) atoms. The van der Waals surface area contributed by atoms with E-state index in [0.717, 1.165) is 72.2 Å². The Bertz CT molecular complexity index is 1140. The van der Waals surface area contributed by atoms with Gasteiger partial charge in [-0.25, -0.2) is 4.98 Å². The highest BCUT2D eigenvalue weighted by Crippen LogP contribution is 2.33. The van der Waals surface area contributed by atoms with Crippen LogP contribution in [0.15, 0.2) is 36.4 Å². The summed E-state index contributed by atoms with van der Waals surface area (Å²) in [6, 6.07) is 12.7. The maximum absolute atomic E-state index is 12.7. The first kappa shape index (κ1) is 21.3. The van der Waals surface area contributed by atoms with E-state index in [-0.39, 0.29) is 17.9 Å². The largest absolute Gasteiger partial charge is 0.379 e. The van der Waals surface area contributed by atoms with Gasteiger partial charge in [0.25, 0.3) is 0 Å². The molecule has 0 spiro atoms. The minimum absolute atomic E-state index is 0.0420. The van der Waals surface area contributed by atoms with E-state index in [0.29, 0.717) is 6.61 Å². The molecule has 168 valence electrons.